The summed E-state index contributed by atoms with van der Waals surface area (Å²) in [5.41, 5.74) is 6.24. The highest BCUT2D eigenvalue weighted by Gasteiger charge is 2.30. The molecule has 0 radical (unpaired) electrons. The summed E-state index contributed by atoms with van der Waals surface area (Å²) in [6, 6.07) is 7.39. The first-order valence-corrected chi connectivity index (χ1v) is 8.92. The normalized spacial score (nSPS) is 16.3. The lowest BCUT2D eigenvalue weighted by Crippen LogP contribution is -2.55. The molecule has 1 saturated heterocycles. The standard InChI is InChI=1S/C19H30N4O3/c1-19(2,3)17(18(20)25)21-13-16(24)23-11-9-22(10-12-23)14-5-7-15(26-4)8-6-14/h5-8,17,21H,9-13H2,1-4H3,(H2,20,25)/t17-/m1/s1. The number of nitrogens with zero attached hydrogens (tertiary/aromatic N) is 2. The summed E-state index contributed by atoms with van der Waals surface area (Å²) in [6.07, 6.45) is 0. The number of nitrogens with one attached hydrogen (secondary N) is 1. The van der Waals surface area contributed by atoms with E-state index in [0.717, 1.165) is 24.5 Å². The van der Waals surface area contributed by atoms with Crippen LogP contribution in [0, 0.1) is 5.41 Å². The van der Waals surface area contributed by atoms with Gasteiger partial charge in [-0.2, -0.15) is 0 Å². The quantitative estimate of drug-likeness (QED) is 0.783. The largest absolute Gasteiger partial charge is 0.497 e. The van der Waals surface area contributed by atoms with Crippen LogP contribution in [0.3, 0.4) is 0 Å². The van der Waals surface area contributed by atoms with Crippen molar-refractivity contribution >= 4 is 17.5 Å². The van der Waals surface area contributed by atoms with Crippen LogP contribution in [0.1, 0.15) is 20.8 Å². The first-order chi connectivity index (χ1) is 12.2. The van der Waals surface area contributed by atoms with Gasteiger partial charge in [-0.05, 0) is 29.7 Å². The van der Waals surface area contributed by atoms with Gasteiger partial charge in [0, 0.05) is 31.9 Å². The summed E-state index contributed by atoms with van der Waals surface area (Å²) < 4.78 is 5.18. The van der Waals surface area contributed by atoms with Crippen LogP contribution in [0.2, 0.25) is 0 Å². The van der Waals surface area contributed by atoms with Gasteiger partial charge in [0.2, 0.25) is 11.8 Å². The van der Waals surface area contributed by atoms with Crippen molar-refractivity contribution in [2.24, 2.45) is 11.1 Å². The predicted octanol–water partition coefficient (Wildman–Crippen LogP) is 0.833. The first-order valence-electron chi connectivity index (χ1n) is 8.92. The van der Waals surface area contributed by atoms with E-state index in [-0.39, 0.29) is 17.9 Å². The Morgan fingerprint density at radius 2 is 1.73 bits per heavy atom. The van der Waals surface area contributed by atoms with Crippen LogP contribution in [-0.2, 0) is 9.59 Å². The van der Waals surface area contributed by atoms with Crippen LogP contribution in [-0.4, -0.2) is 62.6 Å². The molecule has 0 aliphatic carbocycles. The Balaban J connectivity index is 1.84. The highest BCUT2D eigenvalue weighted by molar-refractivity contribution is 5.83. The lowest BCUT2D eigenvalue weighted by Gasteiger charge is -2.37. The van der Waals surface area contributed by atoms with Gasteiger partial charge in [0.25, 0.3) is 0 Å². The number of nitrogens with two attached hydrogens (primary N) is 1. The third-order valence-electron chi connectivity index (χ3n) is 4.68. The molecule has 0 unspecified atom stereocenters. The van der Waals surface area contributed by atoms with Gasteiger partial charge < -0.3 is 20.3 Å². The van der Waals surface area contributed by atoms with Crippen molar-refractivity contribution in [3.05, 3.63) is 24.3 Å². The van der Waals surface area contributed by atoms with E-state index in [4.69, 9.17) is 10.5 Å². The molecule has 144 valence electrons. The van der Waals surface area contributed by atoms with Crippen molar-refractivity contribution in [1.29, 1.82) is 0 Å². The fourth-order valence-corrected chi connectivity index (χ4v) is 3.14. The molecule has 3 N–H and O–H groups in total. The Labute approximate surface area is 155 Å². The van der Waals surface area contributed by atoms with E-state index >= 15 is 0 Å². The number of hydrogen-bond acceptors (Lipinski definition) is 5. The molecule has 1 aromatic carbocycles. The zero-order chi connectivity index (χ0) is 19.3. The molecule has 2 amide bonds. The molecular weight excluding hydrogens is 332 g/mol. The number of amides is 2. The summed E-state index contributed by atoms with van der Waals surface area (Å²) in [4.78, 5) is 28.1. The van der Waals surface area contributed by atoms with Gasteiger partial charge in [0.05, 0.1) is 19.7 Å². The Bertz CT molecular complexity index is 617. The van der Waals surface area contributed by atoms with Gasteiger partial charge >= 0.3 is 0 Å². The molecule has 1 fully saturated rings. The third kappa shape index (κ3) is 5.11. The molecule has 1 heterocycles. The second-order valence-corrected chi connectivity index (χ2v) is 7.65. The van der Waals surface area contributed by atoms with E-state index in [0.29, 0.717) is 13.1 Å². The number of primary amides is 1. The fraction of sp³-hybridized carbons (Fsp3) is 0.579. The highest BCUT2D eigenvalue weighted by atomic mass is 16.5. The summed E-state index contributed by atoms with van der Waals surface area (Å²) in [5.74, 6) is 0.390. The zero-order valence-electron chi connectivity index (χ0n) is 16.1. The summed E-state index contributed by atoms with van der Waals surface area (Å²) in [6.45, 7) is 8.75. The van der Waals surface area contributed by atoms with Crippen molar-refractivity contribution in [2.75, 3.05) is 44.7 Å². The van der Waals surface area contributed by atoms with Crippen molar-refractivity contribution in [1.82, 2.24) is 10.2 Å². The number of carbonyl (C=O) groups is 2. The maximum Gasteiger partial charge on any atom is 0.236 e. The lowest BCUT2D eigenvalue weighted by molar-refractivity contribution is -0.131. The molecule has 1 aromatic rings. The number of rotatable bonds is 6. The second-order valence-electron chi connectivity index (χ2n) is 7.65. The Morgan fingerprint density at radius 3 is 2.19 bits per heavy atom. The smallest absolute Gasteiger partial charge is 0.236 e. The minimum atomic E-state index is -0.535. The number of methoxy groups -OCH3 is 1. The van der Waals surface area contributed by atoms with Crippen molar-refractivity contribution in [2.45, 2.75) is 26.8 Å². The fourth-order valence-electron chi connectivity index (χ4n) is 3.14. The molecular formula is C19H30N4O3. The van der Waals surface area contributed by atoms with Gasteiger partial charge in [-0.15, -0.1) is 0 Å². The van der Waals surface area contributed by atoms with E-state index in [2.05, 4.69) is 10.2 Å². The maximum absolute atomic E-state index is 12.5. The molecule has 1 atom stereocenters. The van der Waals surface area contributed by atoms with Gasteiger partial charge in [-0.1, -0.05) is 20.8 Å². The lowest BCUT2D eigenvalue weighted by atomic mass is 9.86. The topological polar surface area (TPSA) is 87.9 Å². The van der Waals surface area contributed by atoms with Crippen LogP contribution in [0.25, 0.3) is 0 Å². The summed E-state index contributed by atoms with van der Waals surface area (Å²) in [7, 11) is 1.65. The Hall–Kier alpha value is -2.28. The molecule has 7 nitrogen and oxygen atoms in total. The van der Waals surface area contributed by atoms with Crippen LogP contribution in [0.5, 0.6) is 5.75 Å². The molecule has 26 heavy (non-hydrogen) atoms. The molecule has 1 aliphatic heterocycles. The number of carbonyl (C=O) groups excluding carboxylic acids is 2. The number of benzene rings is 1. The molecule has 2 rings (SSSR count). The van der Waals surface area contributed by atoms with Gasteiger partial charge in [-0.25, -0.2) is 0 Å². The van der Waals surface area contributed by atoms with E-state index in [1.807, 2.05) is 49.9 Å². The average molecular weight is 362 g/mol. The average Bonchev–Trinajstić information content (AvgIpc) is 2.60. The second kappa shape index (κ2) is 8.40. The number of piperazine rings is 1. The molecule has 0 bridgehead atoms. The predicted molar refractivity (Wildman–Crippen MR) is 102 cm³/mol. The van der Waals surface area contributed by atoms with Gasteiger partial charge in [-0.3, -0.25) is 14.9 Å². The number of anilines is 1. The van der Waals surface area contributed by atoms with Crippen molar-refractivity contribution in [3.63, 3.8) is 0 Å². The molecule has 1 aliphatic rings. The van der Waals surface area contributed by atoms with Crippen molar-refractivity contribution < 1.29 is 14.3 Å². The minimum Gasteiger partial charge on any atom is -0.497 e. The Kier molecular flexibility index (Phi) is 6.47. The van der Waals surface area contributed by atoms with Crippen molar-refractivity contribution in [3.8, 4) is 5.75 Å². The Morgan fingerprint density at radius 1 is 1.15 bits per heavy atom. The molecule has 0 saturated carbocycles. The van der Waals surface area contributed by atoms with E-state index in [1.54, 1.807) is 7.11 Å². The SMILES string of the molecule is COc1ccc(N2CCN(C(=O)CN[C@H](C(N)=O)C(C)(C)C)CC2)cc1. The third-order valence-corrected chi connectivity index (χ3v) is 4.68. The van der Waals surface area contributed by atoms with E-state index in [1.165, 1.54) is 0 Å². The molecule has 7 heteroatoms. The zero-order valence-corrected chi connectivity index (χ0v) is 16.1. The molecule has 0 spiro atoms. The van der Waals surface area contributed by atoms with Crippen LogP contribution in [0.15, 0.2) is 24.3 Å². The highest BCUT2D eigenvalue weighted by Crippen LogP contribution is 2.21. The molecule has 0 aromatic heterocycles. The van der Waals surface area contributed by atoms with Gasteiger partial charge in [0.1, 0.15) is 5.75 Å². The van der Waals surface area contributed by atoms with E-state index in [9.17, 15) is 9.59 Å². The monoisotopic (exact) mass is 362 g/mol. The number of hydrogen-bond donors (Lipinski definition) is 2. The summed E-state index contributed by atoms with van der Waals surface area (Å²) in [5, 5.41) is 3.02. The first kappa shape index (κ1) is 20.0. The van der Waals surface area contributed by atoms with Crippen LogP contribution in [0.4, 0.5) is 5.69 Å². The van der Waals surface area contributed by atoms with Gasteiger partial charge in [0.15, 0.2) is 0 Å². The number of ether oxygens (including phenoxy) is 1. The maximum atomic E-state index is 12.5. The van der Waals surface area contributed by atoms with Crippen LogP contribution < -0.4 is 20.7 Å². The summed E-state index contributed by atoms with van der Waals surface area (Å²) >= 11 is 0. The van der Waals surface area contributed by atoms with E-state index < -0.39 is 11.9 Å². The minimum absolute atomic E-state index is 0.00474. The van der Waals surface area contributed by atoms with Crippen LogP contribution >= 0.6 is 0 Å².